The van der Waals surface area contributed by atoms with Crippen LogP contribution >= 0.6 is 15.9 Å². The van der Waals surface area contributed by atoms with Gasteiger partial charge in [0, 0.05) is 12.1 Å². The van der Waals surface area contributed by atoms with Gasteiger partial charge in [0.05, 0.1) is 15.6 Å². The second-order valence-corrected chi connectivity index (χ2v) is 5.33. The second kappa shape index (κ2) is 3.11. The minimum atomic E-state index is -0.300. The van der Waals surface area contributed by atoms with E-state index in [4.69, 9.17) is 0 Å². The number of carbonyl (C=O) groups is 1. The maximum absolute atomic E-state index is 11.1. The lowest BCUT2D eigenvalue weighted by Gasteiger charge is -2.09. The highest BCUT2D eigenvalue weighted by molar-refractivity contribution is 9.10. The van der Waals surface area contributed by atoms with Gasteiger partial charge in [0.15, 0.2) is 0 Å². The van der Waals surface area contributed by atoms with Gasteiger partial charge in [-0.15, -0.1) is 0 Å². The Balaban J connectivity index is 2.04. The van der Waals surface area contributed by atoms with Crippen LogP contribution in [0.3, 0.4) is 0 Å². The van der Waals surface area contributed by atoms with Gasteiger partial charge in [0.25, 0.3) is 0 Å². The van der Waals surface area contributed by atoms with E-state index in [0.29, 0.717) is 5.92 Å². The molecule has 0 aliphatic heterocycles. The number of hydrogen-bond donors (Lipinski definition) is 0. The molecule has 0 bridgehead atoms. The molecule has 4 heteroatoms. The Bertz CT molecular complexity index is 425. The fourth-order valence-corrected chi connectivity index (χ4v) is 2.40. The van der Waals surface area contributed by atoms with Crippen molar-refractivity contribution in [2.75, 3.05) is 0 Å². The van der Waals surface area contributed by atoms with Crippen LogP contribution in [0.5, 0.6) is 0 Å². The van der Waals surface area contributed by atoms with Crippen LogP contribution in [0.25, 0.3) is 0 Å². The van der Waals surface area contributed by atoms with Crippen molar-refractivity contribution in [2.45, 2.75) is 37.0 Å². The number of aromatic nitrogens is 2. The normalized spacial score (nSPS) is 22.5. The first-order valence-corrected chi connectivity index (χ1v) is 6.04. The molecular weight excluding hydrogens is 256 g/mol. The van der Waals surface area contributed by atoms with Crippen molar-refractivity contribution in [3.05, 3.63) is 22.2 Å². The van der Waals surface area contributed by atoms with Crippen LogP contribution in [0.15, 0.2) is 10.7 Å². The van der Waals surface area contributed by atoms with Crippen LogP contribution < -0.4 is 0 Å². The third kappa shape index (κ3) is 1.51. The largest absolute Gasteiger partial charge is 0.302 e. The third-order valence-electron chi connectivity index (χ3n) is 3.19. The second-order valence-electron chi connectivity index (χ2n) is 4.47. The van der Waals surface area contributed by atoms with Crippen LogP contribution in [0.2, 0.25) is 0 Å². The monoisotopic (exact) mass is 266 g/mol. The van der Waals surface area contributed by atoms with Crippen molar-refractivity contribution < 1.29 is 4.79 Å². The summed E-state index contributed by atoms with van der Waals surface area (Å²) < 4.78 is 0.872. The fraction of sp³-hybridized carbons (Fsp3) is 0.545. The molecule has 2 saturated carbocycles. The highest BCUT2D eigenvalue weighted by Crippen LogP contribution is 2.48. The van der Waals surface area contributed by atoms with E-state index in [9.17, 15) is 4.79 Å². The molecule has 2 aliphatic rings. The maximum Gasteiger partial charge on any atom is 0.132 e. The average molecular weight is 267 g/mol. The van der Waals surface area contributed by atoms with Crippen LogP contribution in [-0.2, 0) is 10.2 Å². The van der Waals surface area contributed by atoms with Gasteiger partial charge in [-0.25, -0.2) is 9.97 Å². The summed E-state index contributed by atoms with van der Waals surface area (Å²) in [6.45, 7) is 0. The summed E-state index contributed by atoms with van der Waals surface area (Å²) in [4.78, 5) is 19.9. The molecule has 1 aromatic rings. The molecule has 0 amide bonds. The third-order valence-corrected chi connectivity index (χ3v) is 3.77. The van der Waals surface area contributed by atoms with Gasteiger partial charge in [-0.3, -0.25) is 0 Å². The summed E-state index contributed by atoms with van der Waals surface area (Å²) in [6, 6.07) is 0. The van der Waals surface area contributed by atoms with Gasteiger partial charge >= 0.3 is 0 Å². The molecule has 15 heavy (non-hydrogen) atoms. The summed E-state index contributed by atoms with van der Waals surface area (Å²) >= 11 is 3.43. The first kappa shape index (κ1) is 9.46. The molecule has 2 fully saturated rings. The van der Waals surface area contributed by atoms with Crippen LogP contribution in [0, 0.1) is 0 Å². The Hall–Kier alpha value is -0.770. The topological polar surface area (TPSA) is 42.9 Å². The molecule has 0 radical (unpaired) electrons. The maximum atomic E-state index is 11.1. The quantitative estimate of drug-likeness (QED) is 0.789. The minimum Gasteiger partial charge on any atom is -0.302 e. The molecule has 1 heterocycles. The zero-order chi connectivity index (χ0) is 10.5. The Morgan fingerprint density at radius 2 is 2.20 bits per heavy atom. The van der Waals surface area contributed by atoms with Crippen molar-refractivity contribution in [3.8, 4) is 0 Å². The van der Waals surface area contributed by atoms with E-state index < -0.39 is 0 Å². The molecule has 0 atom stereocenters. The minimum absolute atomic E-state index is 0.300. The van der Waals surface area contributed by atoms with Gasteiger partial charge in [0.2, 0.25) is 0 Å². The average Bonchev–Trinajstić information content (AvgIpc) is 3.13. The molecule has 0 N–H and O–H groups in total. The van der Waals surface area contributed by atoms with Crippen molar-refractivity contribution in [1.82, 2.24) is 9.97 Å². The lowest BCUT2D eigenvalue weighted by Crippen LogP contribution is -2.13. The molecule has 0 spiro atoms. The van der Waals surface area contributed by atoms with E-state index in [1.165, 1.54) is 12.8 Å². The van der Waals surface area contributed by atoms with Gasteiger partial charge in [-0.05, 0) is 41.6 Å². The highest BCUT2D eigenvalue weighted by atomic mass is 79.9. The molecule has 78 valence electrons. The van der Waals surface area contributed by atoms with Crippen molar-refractivity contribution in [3.63, 3.8) is 0 Å². The molecule has 0 aromatic carbocycles. The Labute approximate surface area is 96.4 Å². The van der Waals surface area contributed by atoms with E-state index in [-0.39, 0.29) is 5.41 Å². The molecule has 0 unspecified atom stereocenters. The van der Waals surface area contributed by atoms with E-state index in [2.05, 4.69) is 25.9 Å². The number of nitrogens with zero attached hydrogens (tertiary/aromatic N) is 2. The van der Waals surface area contributed by atoms with Gasteiger partial charge < -0.3 is 4.79 Å². The summed E-state index contributed by atoms with van der Waals surface area (Å²) in [5.74, 6) is 1.46. The lowest BCUT2D eigenvalue weighted by molar-refractivity contribution is -0.110. The van der Waals surface area contributed by atoms with Gasteiger partial charge in [0.1, 0.15) is 12.1 Å². The molecular formula is C11H11BrN2O. The first-order chi connectivity index (χ1) is 7.25. The smallest absolute Gasteiger partial charge is 0.132 e. The van der Waals surface area contributed by atoms with E-state index >= 15 is 0 Å². The summed E-state index contributed by atoms with van der Waals surface area (Å²) in [7, 11) is 0. The molecule has 1 aromatic heterocycles. The number of hydrogen-bond acceptors (Lipinski definition) is 3. The van der Waals surface area contributed by atoms with Gasteiger partial charge in [-0.2, -0.15) is 0 Å². The van der Waals surface area contributed by atoms with Gasteiger partial charge in [-0.1, -0.05) is 0 Å². The fourth-order valence-electron chi connectivity index (χ4n) is 1.81. The first-order valence-electron chi connectivity index (χ1n) is 5.24. The molecule has 2 aliphatic carbocycles. The number of rotatable bonds is 3. The van der Waals surface area contributed by atoms with Crippen molar-refractivity contribution in [2.24, 2.45) is 0 Å². The van der Waals surface area contributed by atoms with Crippen LogP contribution in [0.4, 0.5) is 0 Å². The molecule has 3 nitrogen and oxygen atoms in total. The lowest BCUT2D eigenvalue weighted by atomic mass is 10.0. The summed E-state index contributed by atoms with van der Waals surface area (Å²) in [5.41, 5.74) is 0.597. The van der Waals surface area contributed by atoms with Crippen molar-refractivity contribution in [1.29, 1.82) is 0 Å². The van der Waals surface area contributed by atoms with Crippen LogP contribution in [-0.4, -0.2) is 16.3 Å². The molecule has 0 saturated heterocycles. The number of halogens is 1. The zero-order valence-electron chi connectivity index (χ0n) is 8.24. The summed E-state index contributed by atoms with van der Waals surface area (Å²) in [5, 5.41) is 0. The predicted octanol–water partition coefficient (Wildman–Crippen LogP) is 2.35. The molecule has 3 rings (SSSR count). The number of aldehydes is 1. The zero-order valence-corrected chi connectivity index (χ0v) is 9.83. The van der Waals surface area contributed by atoms with Crippen molar-refractivity contribution >= 4 is 22.2 Å². The van der Waals surface area contributed by atoms with E-state index in [1.54, 1.807) is 6.20 Å². The Morgan fingerprint density at radius 3 is 2.73 bits per heavy atom. The predicted molar refractivity (Wildman–Crippen MR) is 58.7 cm³/mol. The number of carbonyl (C=O) groups excluding carboxylic acids is 1. The summed E-state index contributed by atoms with van der Waals surface area (Å²) in [6.07, 6.45) is 7.06. The Morgan fingerprint density at radius 1 is 1.47 bits per heavy atom. The van der Waals surface area contributed by atoms with E-state index in [0.717, 1.165) is 35.1 Å². The standard InChI is InChI=1S/C11H11BrN2O/c12-8-5-13-10(7-1-2-7)14-9(8)11(6-15)3-4-11/h5-7H,1-4H2. The Kier molecular flexibility index (Phi) is 1.96. The SMILES string of the molecule is O=CC1(c2nc(C3CC3)ncc2Br)CC1. The van der Waals surface area contributed by atoms with Crippen LogP contribution in [0.1, 0.15) is 43.1 Å². The van der Waals surface area contributed by atoms with E-state index in [1.807, 2.05) is 0 Å². The highest BCUT2D eigenvalue weighted by Gasteiger charge is 2.47.